The Morgan fingerprint density at radius 3 is 1.47 bits per heavy atom. The number of nitrogens with zero attached hydrogens (tertiary/aromatic N) is 4. The van der Waals surface area contributed by atoms with Gasteiger partial charge in [0.2, 0.25) is 11.8 Å². The first-order chi connectivity index (χ1) is 23.6. The highest BCUT2D eigenvalue weighted by atomic mass is 16.6. The Bertz CT molecular complexity index is 1100. The van der Waals surface area contributed by atoms with E-state index in [9.17, 15) is 24.0 Å². The summed E-state index contributed by atoms with van der Waals surface area (Å²) in [5.41, 5.74) is 4.33. The van der Waals surface area contributed by atoms with Crippen molar-refractivity contribution in [2.75, 3.05) is 98.7 Å². The van der Waals surface area contributed by atoms with Crippen LogP contribution in [0.5, 0.6) is 0 Å². The van der Waals surface area contributed by atoms with Crippen molar-refractivity contribution in [3.8, 4) is 0 Å². The first-order valence-corrected chi connectivity index (χ1v) is 18.3. The van der Waals surface area contributed by atoms with Crippen LogP contribution in [-0.4, -0.2) is 165 Å². The molecule has 0 unspecified atom stereocenters. The summed E-state index contributed by atoms with van der Waals surface area (Å²) in [6.07, 6.45) is 1.75. The minimum atomic E-state index is -0.814. The number of esters is 3. The number of unbranched alkanes of at least 4 members (excludes halogenated alkanes) is 1. The molecular weight excluding hydrogens is 658 g/mol. The number of nitrogens with one attached hydrogen (secondary N) is 2. The first-order valence-electron chi connectivity index (χ1n) is 18.3. The second-order valence-electron chi connectivity index (χ2n) is 16.5. The molecular formula is C36H69N7O8. The average Bonchev–Trinajstić information content (AvgIpc) is 2.97. The van der Waals surface area contributed by atoms with E-state index in [0.717, 1.165) is 6.54 Å². The number of hydrogen-bond acceptors (Lipinski definition) is 13. The van der Waals surface area contributed by atoms with Crippen LogP contribution in [-0.2, 0) is 38.2 Å². The molecule has 1 fully saturated rings. The molecule has 1 heterocycles. The summed E-state index contributed by atoms with van der Waals surface area (Å²) in [4.78, 5) is 72.2. The predicted molar refractivity (Wildman–Crippen MR) is 197 cm³/mol. The van der Waals surface area contributed by atoms with Crippen LogP contribution in [0.15, 0.2) is 0 Å². The highest BCUT2D eigenvalue weighted by Gasteiger charge is 2.26. The first kappa shape index (κ1) is 46.2. The van der Waals surface area contributed by atoms with Crippen LogP contribution in [0.1, 0.15) is 81.6 Å². The summed E-state index contributed by atoms with van der Waals surface area (Å²) in [6.45, 7) is 23.3. The van der Waals surface area contributed by atoms with Gasteiger partial charge in [-0.3, -0.25) is 33.9 Å². The minimum absolute atomic E-state index is 0.0131. The van der Waals surface area contributed by atoms with Crippen LogP contribution in [0.4, 0.5) is 0 Å². The summed E-state index contributed by atoms with van der Waals surface area (Å²) >= 11 is 0. The lowest BCUT2D eigenvalue weighted by molar-refractivity contribution is -0.158. The number of carbonyl (C=O) groups excluding carboxylic acids is 5. The molecule has 1 rings (SSSR count). The molecule has 0 saturated carbocycles. The molecule has 1 saturated heterocycles. The van der Waals surface area contributed by atoms with Crippen molar-refractivity contribution in [3.63, 3.8) is 0 Å². The molecule has 296 valence electrons. The topological polar surface area (TPSA) is 176 Å². The number of ether oxygens (including phenoxy) is 3. The molecule has 0 radical (unpaired) electrons. The summed E-state index contributed by atoms with van der Waals surface area (Å²) in [5, 5.41) is 5.34. The zero-order valence-electron chi connectivity index (χ0n) is 33.2. The number of amides is 2. The molecule has 1 aliphatic heterocycles. The zero-order chi connectivity index (χ0) is 38.8. The van der Waals surface area contributed by atoms with E-state index in [0.29, 0.717) is 78.2 Å². The summed E-state index contributed by atoms with van der Waals surface area (Å²) < 4.78 is 16.1. The fourth-order valence-corrected chi connectivity index (χ4v) is 5.56. The van der Waals surface area contributed by atoms with Gasteiger partial charge in [-0.25, -0.2) is 4.79 Å². The predicted octanol–water partition coefficient (Wildman–Crippen LogP) is 0.841. The lowest BCUT2D eigenvalue weighted by atomic mass is 9.96. The minimum Gasteiger partial charge on any atom is -0.467 e. The van der Waals surface area contributed by atoms with Gasteiger partial charge in [-0.2, -0.15) is 0 Å². The molecule has 0 aliphatic carbocycles. The maximum Gasteiger partial charge on any atom is 0.328 e. The number of rotatable bonds is 15. The molecule has 0 bridgehead atoms. The summed E-state index contributed by atoms with van der Waals surface area (Å²) in [6, 6.07) is -0.814. The van der Waals surface area contributed by atoms with E-state index < -0.39 is 29.1 Å². The van der Waals surface area contributed by atoms with E-state index in [1.807, 2.05) is 51.3 Å². The fraction of sp³-hybridized carbons (Fsp3) is 0.861. The number of hydrogen-bond donors (Lipinski definition) is 3. The van der Waals surface area contributed by atoms with Crippen LogP contribution in [0.2, 0.25) is 0 Å². The Balaban J connectivity index is 3.11. The van der Waals surface area contributed by atoms with Crippen molar-refractivity contribution in [1.82, 2.24) is 30.2 Å². The molecule has 15 nitrogen and oxygen atoms in total. The van der Waals surface area contributed by atoms with Gasteiger partial charge in [0, 0.05) is 58.9 Å². The van der Waals surface area contributed by atoms with E-state index in [2.05, 4.69) is 41.2 Å². The van der Waals surface area contributed by atoms with E-state index in [-0.39, 0.29) is 49.4 Å². The van der Waals surface area contributed by atoms with Gasteiger partial charge in [-0.05, 0) is 72.8 Å². The Labute approximate surface area is 306 Å². The molecule has 0 aromatic rings. The average molecular weight is 728 g/mol. The highest BCUT2D eigenvalue weighted by molar-refractivity contribution is 5.88. The zero-order valence-corrected chi connectivity index (χ0v) is 33.2. The normalized spacial score (nSPS) is 17.4. The van der Waals surface area contributed by atoms with Gasteiger partial charge in [-0.1, -0.05) is 20.8 Å². The van der Waals surface area contributed by atoms with Crippen LogP contribution in [0.3, 0.4) is 0 Å². The SMILES string of the molecule is COC(=O)[C@H](CCCCN)NC(=O)CNC(=O)CN1CCN(CC(=O)OC(C)(C)C)CCN(CC(=O)OC(C)(C)C)CCN(CC(C)(C)C)CC1. The van der Waals surface area contributed by atoms with Crippen LogP contribution in [0, 0.1) is 5.41 Å². The van der Waals surface area contributed by atoms with Crippen molar-refractivity contribution in [3.05, 3.63) is 0 Å². The molecule has 4 N–H and O–H groups in total. The molecule has 1 aliphatic rings. The van der Waals surface area contributed by atoms with Crippen LogP contribution in [0.25, 0.3) is 0 Å². The molecule has 15 heteroatoms. The maximum absolute atomic E-state index is 13.2. The third-order valence-corrected chi connectivity index (χ3v) is 7.75. The van der Waals surface area contributed by atoms with Crippen molar-refractivity contribution in [1.29, 1.82) is 0 Å². The van der Waals surface area contributed by atoms with Gasteiger partial charge in [0.1, 0.15) is 17.2 Å². The molecule has 1 atom stereocenters. The molecule has 0 aromatic carbocycles. The Morgan fingerprint density at radius 2 is 1.08 bits per heavy atom. The quantitative estimate of drug-likeness (QED) is 0.123. The number of methoxy groups -OCH3 is 1. The van der Waals surface area contributed by atoms with Crippen molar-refractivity contribution < 1.29 is 38.2 Å². The lowest BCUT2D eigenvalue weighted by Crippen LogP contribution is -2.51. The fourth-order valence-electron chi connectivity index (χ4n) is 5.56. The lowest BCUT2D eigenvalue weighted by Gasteiger charge is -2.36. The van der Waals surface area contributed by atoms with Gasteiger partial charge in [0.25, 0.3) is 0 Å². The monoisotopic (exact) mass is 728 g/mol. The Hall–Kier alpha value is -2.85. The van der Waals surface area contributed by atoms with E-state index in [4.69, 9.17) is 19.9 Å². The van der Waals surface area contributed by atoms with Gasteiger partial charge < -0.3 is 35.5 Å². The Morgan fingerprint density at radius 1 is 0.647 bits per heavy atom. The third kappa shape index (κ3) is 23.4. The third-order valence-electron chi connectivity index (χ3n) is 7.75. The van der Waals surface area contributed by atoms with E-state index >= 15 is 0 Å². The highest BCUT2D eigenvalue weighted by Crippen LogP contribution is 2.16. The molecule has 51 heavy (non-hydrogen) atoms. The molecule has 0 spiro atoms. The maximum atomic E-state index is 13.2. The number of nitrogens with two attached hydrogens (primary N) is 1. The summed E-state index contributed by atoms with van der Waals surface area (Å²) in [5.74, 6) is -2.02. The van der Waals surface area contributed by atoms with Gasteiger partial charge in [-0.15, -0.1) is 0 Å². The number of carbonyl (C=O) groups is 5. The van der Waals surface area contributed by atoms with Gasteiger partial charge >= 0.3 is 17.9 Å². The van der Waals surface area contributed by atoms with Crippen molar-refractivity contribution >= 4 is 29.7 Å². The van der Waals surface area contributed by atoms with Crippen molar-refractivity contribution in [2.45, 2.75) is 98.8 Å². The van der Waals surface area contributed by atoms with Gasteiger partial charge in [0.15, 0.2) is 0 Å². The van der Waals surface area contributed by atoms with Crippen molar-refractivity contribution in [2.24, 2.45) is 11.1 Å². The standard InChI is InChI=1S/C36H69N7O8/c1-34(2,3)27-43-21-19-40(24-30(45)38-23-29(44)39-28(33(48)49-10)13-11-12-14-37)15-16-41(25-31(46)50-35(4,5)6)17-18-42(20-22-43)26-32(47)51-36(7,8)9/h28H,11-27,37H2,1-10H3,(H,38,45)(H,39,44)/t28-/m0/s1. The molecule has 0 aromatic heterocycles. The van der Waals surface area contributed by atoms with E-state index in [1.54, 1.807) is 0 Å². The van der Waals surface area contributed by atoms with Gasteiger partial charge in [0.05, 0.1) is 33.3 Å². The second kappa shape index (κ2) is 22.3. The summed E-state index contributed by atoms with van der Waals surface area (Å²) in [7, 11) is 1.26. The van der Waals surface area contributed by atoms with E-state index in [1.165, 1.54) is 7.11 Å². The Kier molecular flexibility index (Phi) is 20.2. The largest absolute Gasteiger partial charge is 0.467 e. The van der Waals surface area contributed by atoms with Crippen LogP contribution >= 0.6 is 0 Å². The second-order valence-corrected chi connectivity index (χ2v) is 16.5. The molecule has 2 amide bonds. The smallest absolute Gasteiger partial charge is 0.328 e. The van der Waals surface area contributed by atoms with Crippen LogP contribution < -0.4 is 16.4 Å².